The van der Waals surface area contributed by atoms with Crippen LogP contribution in [0.1, 0.15) is 29.5 Å². The number of sulfonamides is 1. The quantitative estimate of drug-likeness (QED) is 0.829. The third-order valence-corrected chi connectivity index (χ3v) is 6.76. The lowest BCUT2D eigenvalue weighted by Gasteiger charge is -2.29. The molecule has 1 aliphatic rings. The molecule has 1 fully saturated rings. The lowest BCUT2D eigenvalue weighted by atomic mass is 9.97. The standard InChI is InChI=1S/C22H26N2O3S/c1-17-8-9-21(16-18(17)2)23-22(25)20-10-13-24(14-11-20)28(26,27)15-12-19-6-4-3-5-7-19/h3-9,12,15-16,20H,10-11,13-14H2,1-2H3,(H,23,25)/b15-12+. The second kappa shape index (κ2) is 8.71. The minimum absolute atomic E-state index is 0.0415. The van der Waals surface area contributed by atoms with Crippen LogP contribution < -0.4 is 5.32 Å². The van der Waals surface area contributed by atoms with E-state index in [1.54, 1.807) is 6.08 Å². The Morgan fingerprint density at radius 3 is 2.36 bits per heavy atom. The van der Waals surface area contributed by atoms with Crippen LogP contribution in [0.2, 0.25) is 0 Å². The molecule has 3 rings (SSSR count). The summed E-state index contributed by atoms with van der Waals surface area (Å²) in [6.07, 6.45) is 2.65. The number of anilines is 1. The van der Waals surface area contributed by atoms with Crippen molar-refractivity contribution < 1.29 is 13.2 Å². The topological polar surface area (TPSA) is 66.5 Å². The Kier molecular flexibility index (Phi) is 6.31. The van der Waals surface area contributed by atoms with Gasteiger partial charge < -0.3 is 5.32 Å². The molecule has 0 spiro atoms. The molecule has 0 unspecified atom stereocenters. The SMILES string of the molecule is Cc1ccc(NC(=O)C2CCN(S(=O)(=O)/C=C/c3ccccc3)CC2)cc1C. The number of rotatable bonds is 5. The van der Waals surface area contributed by atoms with Crippen molar-refractivity contribution in [2.24, 2.45) is 5.92 Å². The number of carbonyl (C=O) groups is 1. The fourth-order valence-electron chi connectivity index (χ4n) is 3.25. The van der Waals surface area contributed by atoms with Gasteiger partial charge in [0.1, 0.15) is 0 Å². The van der Waals surface area contributed by atoms with Crippen LogP contribution in [0.5, 0.6) is 0 Å². The van der Waals surface area contributed by atoms with Gasteiger partial charge in [0.2, 0.25) is 15.9 Å². The molecule has 1 saturated heterocycles. The fourth-order valence-corrected chi connectivity index (χ4v) is 4.47. The summed E-state index contributed by atoms with van der Waals surface area (Å²) in [5, 5.41) is 4.21. The number of carbonyl (C=O) groups excluding carboxylic acids is 1. The second-order valence-corrected chi connectivity index (χ2v) is 9.04. The molecule has 6 heteroatoms. The number of benzene rings is 2. The number of amides is 1. The van der Waals surface area contributed by atoms with Crippen LogP contribution in [0.15, 0.2) is 53.9 Å². The number of hydrogen-bond donors (Lipinski definition) is 1. The maximum absolute atomic E-state index is 12.5. The Morgan fingerprint density at radius 1 is 1.04 bits per heavy atom. The lowest BCUT2D eigenvalue weighted by molar-refractivity contribution is -0.120. The molecular formula is C22H26N2O3S. The summed E-state index contributed by atoms with van der Waals surface area (Å²) in [5.74, 6) is -0.216. The van der Waals surface area contributed by atoms with Crippen LogP contribution in [-0.4, -0.2) is 31.7 Å². The minimum atomic E-state index is -3.48. The van der Waals surface area contributed by atoms with Crippen molar-refractivity contribution in [2.75, 3.05) is 18.4 Å². The van der Waals surface area contributed by atoms with Gasteiger partial charge in [0.25, 0.3) is 0 Å². The van der Waals surface area contributed by atoms with E-state index in [0.29, 0.717) is 25.9 Å². The van der Waals surface area contributed by atoms with E-state index in [1.807, 2.05) is 62.4 Å². The lowest BCUT2D eigenvalue weighted by Crippen LogP contribution is -2.40. The van der Waals surface area contributed by atoms with Gasteiger partial charge in [-0.15, -0.1) is 0 Å². The highest BCUT2D eigenvalue weighted by atomic mass is 32.2. The summed E-state index contributed by atoms with van der Waals surface area (Å²) in [6, 6.07) is 15.2. The summed E-state index contributed by atoms with van der Waals surface area (Å²) in [5.41, 5.74) is 3.94. The van der Waals surface area contributed by atoms with Crippen LogP contribution in [0.3, 0.4) is 0 Å². The Balaban J connectivity index is 1.56. The van der Waals surface area contributed by atoms with Gasteiger partial charge in [-0.2, -0.15) is 4.31 Å². The number of aryl methyl sites for hydroxylation is 2. The normalized spacial score (nSPS) is 16.4. The summed E-state index contributed by atoms with van der Waals surface area (Å²) >= 11 is 0. The molecule has 0 bridgehead atoms. The zero-order valence-electron chi connectivity index (χ0n) is 16.3. The van der Waals surface area contributed by atoms with Crippen molar-refractivity contribution in [3.05, 3.63) is 70.6 Å². The van der Waals surface area contributed by atoms with Crippen LogP contribution in [-0.2, 0) is 14.8 Å². The highest BCUT2D eigenvalue weighted by Gasteiger charge is 2.30. The molecule has 0 saturated carbocycles. The fraction of sp³-hybridized carbons (Fsp3) is 0.318. The van der Waals surface area contributed by atoms with Gasteiger partial charge in [-0.3, -0.25) is 4.79 Å². The Labute approximate surface area is 167 Å². The molecule has 1 amide bonds. The largest absolute Gasteiger partial charge is 0.326 e. The van der Waals surface area contributed by atoms with Crippen molar-refractivity contribution in [3.63, 3.8) is 0 Å². The van der Waals surface area contributed by atoms with Crippen molar-refractivity contribution in [2.45, 2.75) is 26.7 Å². The molecule has 0 aliphatic carbocycles. The van der Waals surface area contributed by atoms with Gasteiger partial charge in [-0.1, -0.05) is 36.4 Å². The van der Waals surface area contributed by atoms with Crippen LogP contribution in [0.4, 0.5) is 5.69 Å². The van der Waals surface area contributed by atoms with E-state index in [0.717, 1.165) is 16.8 Å². The van der Waals surface area contributed by atoms with Gasteiger partial charge in [-0.25, -0.2) is 8.42 Å². The van der Waals surface area contributed by atoms with E-state index < -0.39 is 10.0 Å². The number of nitrogens with one attached hydrogen (secondary N) is 1. The molecule has 0 atom stereocenters. The third kappa shape index (κ3) is 5.09. The molecule has 2 aromatic rings. The summed E-state index contributed by atoms with van der Waals surface area (Å²) in [4.78, 5) is 12.5. The highest BCUT2D eigenvalue weighted by molar-refractivity contribution is 7.92. The Hall–Kier alpha value is -2.44. The number of hydrogen-bond acceptors (Lipinski definition) is 3. The molecule has 148 valence electrons. The minimum Gasteiger partial charge on any atom is -0.326 e. The smallest absolute Gasteiger partial charge is 0.236 e. The molecule has 1 N–H and O–H groups in total. The third-order valence-electron chi connectivity index (χ3n) is 5.19. The molecule has 1 aliphatic heterocycles. The highest BCUT2D eigenvalue weighted by Crippen LogP contribution is 2.23. The zero-order chi connectivity index (χ0) is 20.1. The van der Waals surface area contributed by atoms with E-state index in [9.17, 15) is 13.2 Å². The van der Waals surface area contributed by atoms with Gasteiger partial charge in [0, 0.05) is 30.1 Å². The van der Waals surface area contributed by atoms with Gasteiger partial charge in [-0.05, 0) is 61.6 Å². The van der Waals surface area contributed by atoms with Crippen molar-refractivity contribution >= 4 is 27.7 Å². The van der Waals surface area contributed by atoms with E-state index in [-0.39, 0.29) is 11.8 Å². The average Bonchev–Trinajstić information content (AvgIpc) is 2.70. The average molecular weight is 399 g/mol. The molecule has 28 heavy (non-hydrogen) atoms. The molecule has 1 heterocycles. The summed E-state index contributed by atoms with van der Waals surface area (Å²) < 4.78 is 26.5. The van der Waals surface area contributed by atoms with Gasteiger partial charge in [0.05, 0.1) is 0 Å². The first-order valence-electron chi connectivity index (χ1n) is 9.46. The van der Waals surface area contributed by atoms with Crippen molar-refractivity contribution in [1.29, 1.82) is 0 Å². The van der Waals surface area contributed by atoms with E-state index >= 15 is 0 Å². The van der Waals surface area contributed by atoms with E-state index in [4.69, 9.17) is 0 Å². The first kappa shape index (κ1) is 20.3. The van der Waals surface area contributed by atoms with E-state index in [2.05, 4.69) is 5.32 Å². The van der Waals surface area contributed by atoms with Gasteiger partial charge >= 0.3 is 0 Å². The Bertz CT molecular complexity index is 961. The number of nitrogens with zero attached hydrogens (tertiary/aromatic N) is 1. The molecule has 0 aromatic heterocycles. The molecule has 0 radical (unpaired) electrons. The Morgan fingerprint density at radius 2 is 1.71 bits per heavy atom. The monoisotopic (exact) mass is 398 g/mol. The predicted molar refractivity (Wildman–Crippen MR) is 113 cm³/mol. The van der Waals surface area contributed by atoms with Crippen molar-refractivity contribution in [1.82, 2.24) is 4.31 Å². The number of piperidine rings is 1. The first-order chi connectivity index (χ1) is 13.3. The molecular weight excluding hydrogens is 372 g/mol. The van der Waals surface area contributed by atoms with Crippen LogP contribution in [0, 0.1) is 19.8 Å². The zero-order valence-corrected chi connectivity index (χ0v) is 17.1. The maximum Gasteiger partial charge on any atom is 0.236 e. The van der Waals surface area contributed by atoms with E-state index in [1.165, 1.54) is 15.3 Å². The summed E-state index contributed by atoms with van der Waals surface area (Å²) in [6.45, 7) is 4.75. The predicted octanol–water partition coefficient (Wildman–Crippen LogP) is 3.95. The maximum atomic E-state index is 12.5. The van der Waals surface area contributed by atoms with Crippen LogP contribution >= 0.6 is 0 Å². The summed E-state index contributed by atoms with van der Waals surface area (Å²) in [7, 11) is -3.48. The molecule has 2 aromatic carbocycles. The molecule has 5 nitrogen and oxygen atoms in total. The van der Waals surface area contributed by atoms with Crippen molar-refractivity contribution in [3.8, 4) is 0 Å². The first-order valence-corrected chi connectivity index (χ1v) is 11.0. The van der Waals surface area contributed by atoms with Gasteiger partial charge in [0.15, 0.2) is 0 Å². The second-order valence-electron chi connectivity index (χ2n) is 7.22. The van der Waals surface area contributed by atoms with Crippen LogP contribution in [0.25, 0.3) is 6.08 Å².